The molecule has 1 N–H and O–H groups in total. The largest absolute Gasteiger partial charge is 0.368 e. The summed E-state index contributed by atoms with van der Waals surface area (Å²) in [4.78, 5) is 8.04. The molecule has 0 amide bonds. The lowest BCUT2D eigenvalue weighted by Crippen LogP contribution is -2.46. The quantitative estimate of drug-likeness (QED) is 0.481. The van der Waals surface area contributed by atoms with E-state index in [1.165, 1.54) is 17.7 Å². The number of nitrogens with one attached hydrogen (secondary N) is 1. The van der Waals surface area contributed by atoms with Crippen LogP contribution in [0.5, 0.6) is 0 Å². The maximum absolute atomic E-state index is 14.0. The van der Waals surface area contributed by atoms with E-state index in [0.717, 1.165) is 73.3 Å². The lowest BCUT2D eigenvalue weighted by molar-refractivity contribution is 0.255. The molecule has 2 aromatic carbocycles. The van der Waals surface area contributed by atoms with Gasteiger partial charge in [-0.2, -0.15) is 5.10 Å². The Balaban J connectivity index is 1.19. The molecule has 0 bridgehead atoms. The Morgan fingerprint density at radius 2 is 1.78 bits per heavy atom. The predicted molar refractivity (Wildman–Crippen MR) is 124 cm³/mol. The van der Waals surface area contributed by atoms with Gasteiger partial charge in [-0.3, -0.25) is 9.58 Å². The fourth-order valence-electron chi connectivity index (χ4n) is 4.64. The first-order valence-electron chi connectivity index (χ1n) is 11.1. The maximum atomic E-state index is 14.0. The Morgan fingerprint density at radius 3 is 2.56 bits per heavy atom. The van der Waals surface area contributed by atoms with Gasteiger partial charge in [0.1, 0.15) is 11.6 Å². The average molecular weight is 436 g/mol. The summed E-state index contributed by atoms with van der Waals surface area (Å²) in [6.07, 6.45) is 7.65. The van der Waals surface area contributed by atoms with Gasteiger partial charge in [0.2, 0.25) is 0 Å². The van der Waals surface area contributed by atoms with Gasteiger partial charge >= 0.3 is 0 Å². The Morgan fingerprint density at radius 1 is 1.00 bits per heavy atom. The summed E-state index contributed by atoms with van der Waals surface area (Å²) in [6, 6.07) is 9.91. The second kappa shape index (κ2) is 8.74. The molecule has 1 aliphatic heterocycles. The van der Waals surface area contributed by atoms with Gasteiger partial charge in [0, 0.05) is 73.3 Å². The first kappa shape index (κ1) is 20.7. The van der Waals surface area contributed by atoms with Crippen LogP contribution in [0.3, 0.4) is 0 Å². The van der Waals surface area contributed by atoms with Gasteiger partial charge in [-0.1, -0.05) is 0 Å². The topological polar surface area (TPSA) is 40.1 Å². The molecule has 0 atom stereocenters. The fraction of sp³-hybridized carbons (Fsp3) is 0.320. The van der Waals surface area contributed by atoms with E-state index in [0.29, 0.717) is 0 Å². The molecule has 5 nitrogen and oxygen atoms in total. The van der Waals surface area contributed by atoms with E-state index in [1.807, 2.05) is 25.5 Å². The third-order valence-corrected chi connectivity index (χ3v) is 6.34. The second-order valence-corrected chi connectivity index (χ2v) is 8.50. The molecular weight excluding hydrogens is 408 g/mol. The van der Waals surface area contributed by atoms with E-state index in [2.05, 4.69) is 19.9 Å². The van der Waals surface area contributed by atoms with Crippen LogP contribution in [-0.4, -0.2) is 52.4 Å². The number of hydrogen-bond donors (Lipinski definition) is 1. The molecule has 0 spiro atoms. The summed E-state index contributed by atoms with van der Waals surface area (Å²) >= 11 is 0. The third-order valence-electron chi connectivity index (χ3n) is 6.34. The summed E-state index contributed by atoms with van der Waals surface area (Å²) in [7, 11) is 1.87. The highest BCUT2D eigenvalue weighted by Crippen LogP contribution is 2.32. The van der Waals surface area contributed by atoms with Crippen LogP contribution in [0.25, 0.3) is 22.0 Å². The minimum Gasteiger partial charge on any atom is -0.368 e. The number of H-pyrrole nitrogens is 1. The van der Waals surface area contributed by atoms with Crippen molar-refractivity contribution in [3.63, 3.8) is 0 Å². The molecule has 5 rings (SSSR count). The van der Waals surface area contributed by atoms with Crippen molar-refractivity contribution in [3.8, 4) is 11.1 Å². The summed E-state index contributed by atoms with van der Waals surface area (Å²) in [5.41, 5.74) is 5.03. The molecule has 32 heavy (non-hydrogen) atoms. The molecule has 0 aliphatic carbocycles. The first-order valence-corrected chi connectivity index (χ1v) is 11.1. The maximum Gasteiger partial charge on any atom is 0.123 e. The van der Waals surface area contributed by atoms with Crippen molar-refractivity contribution >= 4 is 16.6 Å². The zero-order chi connectivity index (χ0) is 22.1. The molecule has 1 saturated heterocycles. The number of aryl methyl sites for hydroxylation is 2. The molecule has 7 heteroatoms. The van der Waals surface area contributed by atoms with Gasteiger partial charge in [-0.25, -0.2) is 8.78 Å². The Labute approximate surface area is 186 Å². The molecule has 0 radical (unpaired) electrons. The lowest BCUT2D eigenvalue weighted by atomic mass is 10.1. The van der Waals surface area contributed by atoms with E-state index >= 15 is 0 Å². The van der Waals surface area contributed by atoms with E-state index in [9.17, 15) is 8.78 Å². The monoisotopic (exact) mass is 435 g/mol. The highest BCUT2D eigenvalue weighted by molar-refractivity contribution is 5.83. The number of fused-ring (bicyclic) bond motifs is 1. The number of nitrogens with zero attached hydrogens (tertiary/aromatic N) is 4. The van der Waals surface area contributed by atoms with Crippen molar-refractivity contribution in [3.05, 3.63) is 72.2 Å². The number of rotatable bonds is 6. The molecule has 3 heterocycles. The van der Waals surface area contributed by atoms with Crippen LogP contribution < -0.4 is 4.90 Å². The first-order chi connectivity index (χ1) is 15.6. The van der Waals surface area contributed by atoms with Crippen LogP contribution in [0.2, 0.25) is 0 Å². The van der Waals surface area contributed by atoms with E-state index < -0.39 is 0 Å². The van der Waals surface area contributed by atoms with Crippen molar-refractivity contribution in [1.82, 2.24) is 19.7 Å². The molecular formula is C25H27F2N5. The van der Waals surface area contributed by atoms with Gasteiger partial charge in [-0.05, 0) is 61.3 Å². The Hall–Kier alpha value is -3.19. The van der Waals surface area contributed by atoms with Crippen LogP contribution in [0.1, 0.15) is 12.0 Å². The lowest BCUT2D eigenvalue weighted by Gasteiger charge is -2.37. The fourth-order valence-corrected chi connectivity index (χ4v) is 4.64. The molecule has 1 fully saturated rings. The second-order valence-electron chi connectivity index (χ2n) is 8.50. The minimum atomic E-state index is -0.233. The SMILES string of the molecule is Cn1cc(-c2cc(F)ccc2N2CCN(CCCc3c[nH]c4ccc(F)cc34)CC2)cn1. The number of piperazine rings is 1. The van der Waals surface area contributed by atoms with E-state index in [4.69, 9.17) is 0 Å². The Kier molecular flexibility index (Phi) is 5.66. The zero-order valence-corrected chi connectivity index (χ0v) is 18.2. The van der Waals surface area contributed by atoms with Gasteiger partial charge in [0.25, 0.3) is 0 Å². The molecule has 166 valence electrons. The number of benzene rings is 2. The molecule has 0 saturated carbocycles. The van der Waals surface area contributed by atoms with Crippen molar-refractivity contribution in [2.45, 2.75) is 12.8 Å². The average Bonchev–Trinajstić information content (AvgIpc) is 3.40. The number of aromatic nitrogens is 3. The molecule has 4 aromatic rings. The third kappa shape index (κ3) is 4.25. The van der Waals surface area contributed by atoms with Crippen LogP contribution in [0.4, 0.5) is 14.5 Å². The summed E-state index contributed by atoms with van der Waals surface area (Å²) in [6.45, 7) is 4.74. The summed E-state index contributed by atoms with van der Waals surface area (Å²) in [5, 5.41) is 5.22. The highest BCUT2D eigenvalue weighted by Gasteiger charge is 2.20. The van der Waals surface area contributed by atoms with Gasteiger partial charge in [0.05, 0.1) is 6.20 Å². The smallest absolute Gasteiger partial charge is 0.123 e. The molecule has 0 unspecified atom stereocenters. The number of hydrogen-bond acceptors (Lipinski definition) is 3. The van der Waals surface area contributed by atoms with Gasteiger partial charge < -0.3 is 9.88 Å². The van der Waals surface area contributed by atoms with Crippen molar-refractivity contribution in [1.29, 1.82) is 0 Å². The number of aromatic amines is 1. The van der Waals surface area contributed by atoms with Crippen LogP contribution >= 0.6 is 0 Å². The van der Waals surface area contributed by atoms with E-state index in [-0.39, 0.29) is 11.6 Å². The number of anilines is 1. The normalized spacial score (nSPS) is 15.0. The minimum absolute atomic E-state index is 0.194. The van der Waals surface area contributed by atoms with Crippen molar-refractivity contribution < 1.29 is 8.78 Å². The summed E-state index contributed by atoms with van der Waals surface area (Å²) in [5.74, 6) is -0.427. The van der Waals surface area contributed by atoms with Crippen molar-refractivity contribution in [2.24, 2.45) is 7.05 Å². The van der Waals surface area contributed by atoms with Crippen LogP contribution in [0.15, 0.2) is 55.0 Å². The van der Waals surface area contributed by atoms with Crippen LogP contribution in [-0.2, 0) is 13.5 Å². The molecule has 2 aromatic heterocycles. The van der Waals surface area contributed by atoms with Crippen molar-refractivity contribution in [2.75, 3.05) is 37.6 Å². The van der Waals surface area contributed by atoms with Gasteiger partial charge in [-0.15, -0.1) is 0 Å². The molecule has 1 aliphatic rings. The zero-order valence-electron chi connectivity index (χ0n) is 18.2. The highest BCUT2D eigenvalue weighted by atomic mass is 19.1. The van der Waals surface area contributed by atoms with E-state index in [1.54, 1.807) is 29.1 Å². The predicted octanol–water partition coefficient (Wildman–Crippen LogP) is 4.60. The number of halogens is 2. The summed E-state index contributed by atoms with van der Waals surface area (Å²) < 4.78 is 29.3. The van der Waals surface area contributed by atoms with Crippen LogP contribution in [0, 0.1) is 11.6 Å². The van der Waals surface area contributed by atoms with Gasteiger partial charge in [0.15, 0.2) is 0 Å². The standard InChI is InChI=1S/C25H27F2N5/c1-30-17-19(16-29-30)23-14-21(27)5-7-25(23)32-11-9-31(10-12-32)8-2-3-18-15-28-24-6-4-20(26)13-22(18)24/h4-7,13-17,28H,2-3,8-12H2,1H3. The Bertz CT molecular complexity index is 1220.